The number of H-pyrrole nitrogens is 1. The lowest BCUT2D eigenvalue weighted by Gasteiger charge is -2.04. The van der Waals surface area contributed by atoms with E-state index < -0.39 is 4.92 Å². The predicted octanol–water partition coefficient (Wildman–Crippen LogP) is 4.36. The summed E-state index contributed by atoms with van der Waals surface area (Å²) < 4.78 is 1.75. The van der Waals surface area contributed by atoms with Gasteiger partial charge in [0.1, 0.15) is 0 Å². The number of aryl methyl sites for hydroxylation is 1. The fourth-order valence-corrected chi connectivity index (χ4v) is 2.61. The zero-order valence-corrected chi connectivity index (χ0v) is 14.6. The lowest BCUT2D eigenvalue weighted by atomic mass is 10.1. The van der Waals surface area contributed by atoms with Crippen molar-refractivity contribution in [3.8, 4) is 11.4 Å². The first-order valence-electron chi connectivity index (χ1n) is 7.19. The van der Waals surface area contributed by atoms with Gasteiger partial charge < -0.3 is 0 Å². The van der Waals surface area contributed by atoms with Crippen LogP contribution in [0.4, 0.5) is 5.69 Å². The topological polar surface area (TPSA) is 89.1 Å². The molecule has 2 aromatic carbocycles. The minimum absolute atomic E-state index is 0.0687. The van der Waals surface area contributed by atoms with Gasteiger partial charge in [-0.2, -0.15) is 14.9 Å². The van der Waals surface area contributed by atoms with Crippen LogP contribution in [0.25, 0.3) is 11.4 Å². The highest BCUT2D eigenvalue weighted by molar-refractivity contribution is 7.71. The summed E-state index contributed by atoms with van der Waals surface area (Å²) in [6, 6.07) is 11.8. The Morgan fingerprint density at radius 3 is 2.84 bits per heavy atom. The number of nitrogens with zero attached hydrogens (tertiary/aromatic N) is 4. The van der Waals surface area contributed by atoms with Gasteiger partial charge in [0.15, 0.2) is 5.82 Å². The molecule has 0 saturated heterocycles. The molecule has 126 valence electrons. The second kappa shape index (κ2) is 6.96. The van der Waals surface area contributed by atoms with Gasteiger partial charge in [-0.3, -0.25) is 10.1 Å². The maximum atomic E-state index is 10.9. The highest BCUT2D eigenvalue weighted by atomic mass is 35.5. The summed E-state index contributed by atoms with van der Waals surface area (Å²) in [7, 11) is 0. The van der Waals surface area contributed by atoms with Crippen LogP contribution >= 0.6 is 23.8 Å². The van der Waals surface area contributed by atoms with Crippen molar-refractivity contribution in [1.29, 1.82) is 0 Å². The molecule has 0 spiro atoms. The molecule has 0 radical (unpaired) electrons. The SMILES string of the molecule is Cc1ccccc1-c1n[nH]c(=S)n1N=Cc1cc([N+](=O)[O-])ccc1Cl. The Bertz CT molecular complexity index is 1040. The molecule has 3 rings (SSSR count). The molecule has 0 unspecified atom stereocenters. The smallest absolute Gasteiger partial charge is 0.258 e. The average molecular weight is 374 g/mol. The van der Waals surface area contributed by atoms with Crippen molar-refractivity contribution >= 4 is 35.7 Å². The van der Waals surface area contributed by atoms with E-state index in [2.05, 4.69) is 15.3 Å². The van der Waals surface area contributed by atoms with Crippen LogP contribution in [0.15, 0.2) is 47.6 Å². The van der Waals surface area contributed by atoms with E-state index in [1.807, 2.05) is 31.2 Å². The van der Waals surface area contributed by atoms with Crippen LogP contribution < -0.4 is 0 Å². The average Bonchev–Trinajstić information content (AvgIpc) is 2.95. The van der Waals surface area contributed by atoms with Gasteiger partial charge in [0.25, 0.3) is 5.69 Å². The summed E-state index contributed by atoms with van der Waals surface area (Å²) >= 11 is 11.3. The molecule has 0 aliphatic carbocycles. The maximum Gasteiger partial charge on any atom is 0.270 e. The van der Waals surface area contributed by atoms with Crippen LogP contribution in [0.1, 0.15) is 11.1 Å². The summed E-state index contributed by atoms with van der Waals surface area (Å²) in [5.41, 5.74) is 2.23. The zero-order valence-electron chi connectivity index (χ0n) is 13.0. The lowest BCUT2D eigenvalue weighted by molar-refractivity contribution is -0.384. The van der Waals surface area contributed by atoms with Crippen molar-refractivity contribution in [1.82, 2.24) is 14.9 Å². The van der Waals surface area contributed by atoms with Gasteiger partial charge >= 0.3 is 0 Å². The summed E-state index contributed by atoms with van der Waals surface area (Å²) in [6.45, 7) is 1.96. The van der Waals surface area contributed by atoms with Crippen LogP contribution in [0.2, 0.25) is 5.02 Å². The largest absolute Gasteiger partial charge is 0.270 e. The van der Waals surface area contributed by atoms with Gasteiger partial charge in [-0.1, -0.05) is 35.9 Å². The first-order valence-corrected chi connectivity index (χ1v) is 7.97. The van der Waals surface area contributed by atoms with Crippen LogP contribution in [-0.2, 0) is 0 Å². The van der Waals surface area contributed by atoms with Gasteiger partial charge in [0.2, 0.25) is 4.77 Å². The second-order valence-corrected chi connectivity index (χ2v) is 5.98. The fraction of sp³-hybridized carbons (Fsp3) is 0.0625. The lowest BCUT2D eigenvalue weighted by Crippen LogP contribution is -1.97. The molecule has 1 heterocycles. The summed E-state index contributed by atoms with van der Waals surface area (Å²) in [4.78, 5) is 10.4. The minimum atomic E-state index is -0.490. The number of nitrogens with one attached hydrogen (secondary N) is 1. The van der Waals surface area contributed by atoms with E-state index in [4.69, 9.17) is 23.8 Å². The van der Waals surface area contributed by atoms with Crippen molar-refractivity contribution in [2.45, 2.75) is 6.92 Å². The molecule has 0 atom stereocenters. The molecule has 0 fully saturated rings. The monoisotopic (exact) mass is 373 g/mol. The number of non-ortho nitro benzene ring substituents is 1. The maximum absolute atomic E-state index is 10.9. The minimum Gasteiger partial charge on any atom is -0.258 e. The van der Waals surface area contributed by atoms with E-state index >= 15 is 0 Å². The van der Waals surface area contributed by atoms with Gasteiger partial charge in [-0.05, 0) is 30.8 Å². The number of halogens is 1. The number of aromatic nitrogens is 3. The van der Waals surface area contributed by atoms with Gasteiger partial charge in [-0.25, -0.2) is 5.10 Å². The Morgan fingerprint density at radius 1 is 1.36 bits per heavy atom. The fourth-order valence-electron chi connectivity index (χ4n) is 2.26. The normalized spacial score (nSPS) is 11.1. The third kappa shape index (κ3) is 3.49. The molecular weight excluding hydrogens is 362 g/mol. The van der Waals surface area contributed by atoms with Crippen molar-refractivity contribution < 1.29 is 4.92 Å². The van der Waals surface area contributed by atoms with E-state index in [0.717, 1.165) is 11.1 Å². The van der Waals surface area contributed by atoms with Crippen LogP contribution in [0.3, 0.4) is 0 Å². The Kier molecular flexibility index (Phi) is 4.73. The third-order valence-electron chi connectivity index (χ3n) is 3.54. The molecule has 0 aliphatic heterocycles. The van der Waals surface area contributed by atoms with Crippen LogP contribution in [0.5, 0.6) is 0 Å². The molecule has 0 bridgehead atoms. The van der Waals surface area contributed by atoms with Crippen LogP contribution in [-0.4, -0.2) is 26.0 Å². The van der Waals surface area contributed by atoms with Crippen molar-refractivity contribution in [3.63, 3.8) is 0 Å². The molecule has 0 amide bonds. The number of aromatic amines is 1. The zero-order chi connectivity index (χ0) is 18.0. The quantitative estimate of drug-likeness (QED) is 0.318. The van der Waals surface area contributed by atoms with Gasteiger partial charge in [0, 0.05) is 28.3 Å². The summed E-state index contributed by atoms with van der Waals surface area (Å²) in [6.07, 6.45) is 1.42. The molecular formula is C16H12ClN5O2S. The second-order valence-electron chi connectivity index (χ2n) is 5.19. The Morgan fingerprint density at radius 2 is 2.12 bits per heavy atom. The molecule has 0 aliphatic rings. The van der Waals surface area contributed by atoms with Crippen LogP contribution in [0, 0.1) is 21.8 Å². The van der Waals surface area contributed by atoms with Gasteiger partial charge in [0.05, 0.1) is 11.1 Å². The third-order valence-corrected chi connectivity index (χ3v) is 4.15. The number of nitro groups is 1. The van der Waals surface area contributed by atoms with E-state index in [9.17, 15) is 10.1 Å². The molecule has 1 aromatic heterocycles. The molecule has 9 heteroatoms. The highest BCUT2D eigenvalue weighted by Gasteiger charge is 2.11. The van der Waals surface area contributed by atoms with E-state index in [1.54, 1.807) is 0 Å². The summed E-state index contributed by atoms with van der Waals surface area (Å²) in [5, 5.41) is 22.5. The Labute approximate surface area is 152 Å². The van der Waals surface area contributed by atoms with Crippen molar-refractivity contribution in [2.24, 2.45) is 5.10 Å². The number of benzene rings is 2. The number of hydrogen-bond donors (Lipinski definition) is 1. The summed E-state index contributed by atoms with van der Waals surface area (Å²) in [5.74, 6) is 0.543. The van der Waals surface area contributed by atoms with Crippen molar-refractivity contribution in [2.75, 3.05) is 0 Å². The molecule has 25 heavy (non-hydrogen) atoms. The standard InChI is InChI=1S/C16H12ClN5O2S/c1-10-4-2-3-5-13(10)15-19-20-16(25)21(15)18-9-11-8-12(22(23)24)6-7-14(11)17/h2-9H,1H3,(H,20,25). The van der Waals surface area contributed by atoms with Crippen molar-refractivity contribution in [3.05, 3.63) is 73.5 Å². The first-order chi connectivity index (χ1) is 12.0. The number of hydrogen-bond acceptors (Lipinski definition) is 5. The Balaban J connectivity index is 2.05. The number of nitro benzene ring substituents is 1. The van der Waals surface area contributed by atoms with E-state index in [1.165, 1.54) is 29.1 Å². The molecule has 3 aromatic rings. The first kappa shape index (κ1) is 17.0. The molecule has 1 N–H and O–H groups in total. The molecule has 0 saturated carbocycles. The Hall–Kier alpha value is -2.84. The predicted molar refractivity (Wildman–Crippen MR) is 98.7 cm³/mol. The number of rotatable bonds is 4. The van der Waals surface area contributed by atoms with E-state index in [0.29, 0.717) is 21.2 Å². The highest BCUT2D eigenvalue weighted by Crippen LogP contribution is 2.23. The van der Waals surface area contributed by atoms with Gasteiger partial charge in [-0.15, -0.1) is 0 Å². The molecule has 7 nitrogen and oxygen atoms in total. The van der Waals surface area contributed by atoms with E-state index in [-0.39, 0.29) is 5.69 Å².